The number of hydrogen-bond acceptors (Lipinski definition) is 1. The molecule has 0 saturated heterocycles. The van der Waals surface area contributed by atoms with E-state index in [1.165, 1.54) is 0 Å². The molecule has 0 aromatic carbocycles. The standard InChI is InChI=1S/C4H6N2.C2H6.BrH/c1-4-5-2-3-6-4;1-2;/h2-3H,1H3,(H,5,6);1-2H3;1H. The summed E-state index contributed by atoms with van der Waals surface area (Å²) in [6, 6.07) is 0. The fourth-order valence-electron chi connectivity index (χ4n) is 0.344. The molecule has 0 aliphatic rings. The Bertz CT molecular complexity index is 115. The Kier molecular flexibility index (Phi) is 9.81. The molecular formula is C6H13BrN2. The van der Waals surface area contributed by atoms with E-state index in [-0.39, 0.29) is 17.0 Å². The van der Waals surface area contributed by atoms with Crippen LogP contribution in [0.5, 0.6) is 0 Å². The van der Waals surface area contributed by atoms with Crippen molar-refractivity contribution in [2.24, 2.45) is 0 Å². The molecule has 9 heavy (non-hydrogen) atoms. The third-order valence-corrected chi connectivity index (χ3v) is 0.635. The van der Waals surface area contributed by atoms with E-state index in [4.69, 9.17) is 0 Å². The third-order valence-electron chi connectivity index (χ3n) is 0.635. The van der Waals surface area contributed by atoms with Crippen molar-refractivity contribution in [3.8, 4) is 0 Å². The minimum absolute atomic E-state index is 0. The van der Waals surface area contributed by atoms with Crippen molar-refractivity contribution in [1.29, 1.82) is 0 Å². The maximum atomic E-state index is 3.86. The molecule has 1 aromatic heterocycles. The number of rotatable bonds is 0. The molecule has 2 nitrogen and oxygen atoms in total. The molecule has 0 aliphatic carbocycles. The lowest BCUT2D eigenvalue weighted by Crippen LogP contribution is -1.66. The average Bonchev–Trinajstić information content (AvgIpc) is 2.24. The second-order valence-corrected chi connectivity index (χ2v) is 1.17. The van der Waals surface area contributed by atoms with Gasteiger partial charge in [0.15, 0.2) is 0 Å². The molecule has 0 unspecified atom stereocenters. The predicted molar refractivity (Wildman–Crippen MR) is 45.0 cm³/mol. The molecule has 1 aromatic rings. The first-order chi connectivity index (χ1) is 3.89. The van der Waals surface area contributed by atoms with Crippen molar-refractivity contribution in [3.63, 3.8) is 0 Å². The number of nitrogens with one attached hydrogen (secondary N) is 1. The molecule has 1 heterocycles. The molecule has 0 spiro atoms. The van der Waals surface area contributed by atoms with Gasteiger partial charge in [-0.2, -0.15) is 0 Å². The lowest BCUT2D eigenvalue weighted by atomic mass is 10.8. The third kappa shape index (κ3) is 5.56. The summed E-state index contributed by atoms with van der Waals surface area (Å²) < 4.78 is 0. The Labute approximate surface area is 66.5 Å². The van der Waals surface area contributed by atoms with Crippen LogP contribution >= 0.6 is 17.0 Å². The van der Waals surface area contributed by atoms with Gasteiger partial charge < -0.3 is 4.98 Å². The second kappa shape index (κ2) is 7.69. The molecule has 0 fully saturated rings. The maximum absolute atomic E-state index is 3.86. The zero-order valence-electron chi connectivity index (χ0n) is 6.01. The Morgan fingerprint density at radius 3 is 2.11 bits per heavy atom. The molecule has 0 aliphatic heterocycles. The predicted octanol–water partition coefficient (Wildman–Crippen LogP) is 2.32. The molecule has 0 bridgehead atoms. The van der Waals surface area contributed by atoms with Crippen LogP contribution in [-0.2, 0) is 0 Å². The zero-order chi connectivity index (χ0) is 6.41. The van der Waals surface area contributed by atoms with Gasteiger partial charge in [0.25, 0.3) is 0 Å². The van der Waals surface area contributed by atoms with E-state index in [1.54, 1.807) is 12.4 Å². The molecular weight excluding hydrogens is 180 g/mol. The number of imidazole rings is 1. The summed E-state index contributed by atoms with van der Waals surface area (Å²) in [4.78, 5) is 6.75. The van der Waals surface area contributed by atoms with Gasteiger partial charge in [0.05, 0.1) is 0 Å². The van der Waals surface area contributed by atoms with Gasteiger partial charge in [-0.05, 0) is 6.92 Å². The van der Waals surface area contributed by atoms with Crippen LogP contribution in [0.1, 0.15) is 19.7 Å². The van der Waals surface area contributed by atoms with Crippen molar-refractivity contribution in [3.05, 3.63) is 18.2 Å². The SMILES string of the molecule is Br.CC.Cc1ncc[nH]1. The van der Waals surface area contributed by atoms with Crippen LogP contribution in [0.3, 0.4) is 0 Å². The van der Waals surface area contributed by atoms with Crippen molar-refractivity contribution in [2.45, 2.75) is 20.8 Å². The van der Waals surface area contributed by atoms with Gasteiger partial charge in [0.2, 0.25) is 0 Å². The Morgan fingerprint density at radius 2 is 2.00 bits per heavy atom. The highest BCUT2D eigenvalue weighted by Gasteiger charge is 1.73. The van der Waals surface area contributed by atoms with Crippen LogP contribution in [-0.4, -0.2) is 9.97 Å². The van der Waals surface area contributed by atoms with Crippen LogP contribution in [0.2, 0.25) is 0 Å². The van der Waals surface area contributed by atoms with E-state index in [9.17, 15) is 0 Å². The van der Waals surface area contributed by atoms with Crippen molar-refractivity contribution in [1.82, 2.24) is 9.97 Å². The van der Waals surface area contributed by atoms with Gasteiger partial charge in [0.1, 0.15) is 5.82 Å². The van der Waals surface area contributed by atoms with Crippen molar-refractivity contribution >= 4 is 17.0 Å². The van der Waals surface area contributed by atoms with E-state index in [0.717, 1.165) is 5.82 Å². The maximum Gasteiger partial charge on any atom is 0.102 e. The van der Waals surface area contributed by atoms with E-state index in [1.807, 2.05) is 20.8 Å². The monoisotopic (exact) mass is 192 g/mol. The van der Waals surface area contributed by atoms with Gasteiger partial charge in [-0.15, -0.1) is 17.0 Å². The first-order valence-corrected chi connectivity index (χ1v) is 2.85. The highest BCUT2D eigenvalue weighted by molar-refractivity contribution is 8.93. The molecule has 0 radical (unpaired) electrons. The fraction of sp³-hybridized carbons (Fsp3) is 0.500. The van der Waals surface area contributed by atoms with E-state index < -0.39 is 0 Å². The quantitative estimate of drug-likeness (QED) is 0.672. The highest BCUT2D eigenvalue weighted by Crippen LogP contribution is 1.78. The highest BCUT2D eigenvalue weighted by atomic mass is 79.9. The summed E-state index contributed by atoms with van der Waals surface area (Å²) in [5, 5.41) is 0. The largest absolute Gasteiger partial charge is 0.349 e. The minimum atomic E-state index is 0. The molecule has 1 rings (SSSR count). The van der Waals surface area contributed by atoms with Gasteiger partial charge >= 0.3 is 0 Å². The topological polar surface area (TPSA) is 28.7 Å². The van der Waals surface area contributed by atoms with Crippen molar-refractivity contribution in [2.75, 3.05) is 0 Å². The van der Waals surface area contributed by atoms with Crippen LogP contribution in [0.25, 0.3) is 0 Å². The number of hydrogen-bond donors (Lipinski definition) is 1. The molecule has 1 N–H and O–H groups in total. The fourth-order valence-corrected chi connectivity index (χ4v) is 0.344. The lowest BCUT2D eigenvalue weighted by molar-refractivity contribution is 1.15. The van der Waals surface area contributed by atoms with Crippen LogP contribution in [0.4, 0.5) is 0 Å². The minimum Gasteiger partial charge on any atom is -0.349 e. The van der Waals surface area contributed by atoms with E-state index in [2.05, 4.69) is 9.97 Å². The smallest absolute Gasteiger partial charge is 0.102 e. The van der Waals surface area contributed by atoms with Crippen LogP contribution < -0.4 is 0 Å². The van der Waals surface area contributed by atoms with Crippen LogP contribution in [0.15, 0.2) is 12.4 Å². The van der Waals surface area contributed by atoms with Gasteiger partial charge in [-0.1, -0.05) is 13.8 Å². The number of aryl methyl sites for hydroxylation is 1. The summed E-state index contributed by atoms with van der Waals surface area (Å²) in [7, 11) is 0. The summed E-state index contributed by atoms with van der Waals surface area (Å²) in [6.45, 7) is 5.92. The number of aromatic nitrogens is 2. The number of halogens is 1. The van der Waals surface area contributed by atoms with Gasteiger partial charge in [-0.25, -0.2) is 4.98 Å². The number of aromatic amines is 1. The molecule has 0 saturated carbocycles. The molecule has 0 atom stereocenters. The van der Waals surface area contributed by atoms with Crippen LogP contribution in [0, 0.1) is 6.92 Å². The van der Waals surface area contributed by atoms with E-state index >= 15 is 0 Å². The second-order valence-electron chi connectivity index (χ2n) is 1.17. The molecule has 0 amide bonds. The zero-order valence-corrected chi connectivity index (χ0v) is 7.72. The Balaban J connectivity index is 0. The average molecular weight is 193 g/mol. The number of H-pyrrole nitrogens is 1. The number of nitrogens with zero attached hydrogens (tertiary/aromatic N) is 1. The summed E-state index contributed by atoms with van der Waals surface area (Å²) in [6.07, 6.45) is 3.53. The first kappa shape index (κ1) is 11.5. The Morgan fingerprint density at radius 1 is 1.44 bits per heavy atom. The lowest BCUT2D eigenvalue weighted by Gasteiger charge is -1.68. The van der Waals surface area contributed by atoms with Gasteiger partial charge in [-0.3, -0.25) is 0 Å². The van der Waals surface area contributed by atoms with Crippen molar-refractivity contribution < 1.29 is 0 Å². The summed E-state index contributed by atoms with van der Waals surface area (Å²) in [5.74, 6) is 0.968. The first-order valence-electron chi connectivity index (χ1n) is 2.85. The van der Waals surface area contributed by atoms with E-state index in [0.29, 0.717) is 0 Å². The summed E-state index contributed by atoms with van der Waals surface area (Å²) in [5.41, 5.74) is 0. The van der Waals surface area contributed by atoms with Gasteiger partial charge in [0, 0.05) is 12.4 Å². The summed E-state index contributed by atoms with van der Waals surface area (Å²) >= 11 is 0. The Hall–Kier alpha value is -0.310. The normalized spacial score (nSPS) is 6.56. The molecule has 54 valence electrons. The molecule has 3 heteroatoms.